The van der Waals surface area contributed by atoms with Crippen LogP contribution in [0.15, 0.2) is 54.6 Å². The van der Waals surface area contributed by atoms with E-state index >= 15 is 0 Å². The van der Waals surface area contributed by atoms with Gasteiger partial charge in [0, 0.05) is 12.2 Å². The molecule has 2 heterocycles. The first-order chi connectivity index (χ1) is 11.8. The van der Waals surface area contributed by atoms with Gasteiger partial charge in [-0.3, -0.25) is 4.79 Å². The monoisotopic (exact) mass is 325 g/mol. The molecule has 4 rings (SSSR count). The van der Waals surface area contributed by atoms with Crippen LogP contribution in [0, 0.1) is 0 Å². The first-order valence-corrected chi connectivity index (χ1v) is 8.17. The molecular formula is C19H19NO4. The molecule has 0 radical (unpaired) electrons. The Morgan fingerprint density at radius 2 is 1.88 bits per heavy atom. The number of rotatable bonds is 4. The van der Waals surface area contributed by atoms with E-state index in [4.69, 9.17) is 14.2 Å². The minimum atomic E-state index is -0.140. The number of nitrogens with one attached hydrogen (secondary N) is 1. The fourth-order valence-electron chi connectivity index (χ4n) is 3.17. The molecule has 2 aromatic carbocycles. The Labute approximate surface area is 140 Å². The molecule has 1 amide bonds. The number of hydrogen-bond donors (Lipinski definition) is 1. The number of benzene rings is 2. The van der Waals surface area contributed by atoms with Crippen LogP contribution in [-0.2, 0) is 9.47 Å². The minimum absolute atomic E-state index is 0.0299. The number of carbonyl (C=O) groups excluding carboxylic acids is 1. The molecule has 0 aliphatic carbocycles. The molecule has 124 valence electrons. The third-order valence-electron chi connectivity index (χ3n) is 4.36. The maximum Gasteiger partial charge on any atom is 0.251 e. The van der Waals surface area contributed by atoms with Crippen molar-refractivity contribution in [2.75, 3.05) is 13.2 Å². The highest BCUT2D eigenvalue weighted by Gasteiger charge is 2.42. The third-order valence-corrected chi connectivity index (χ3v) is 4.36. The van der Waals surface area contributed by atoms with Crippen LogP contribution in [0.1, 0.15) is 16.8 Å². The highest BCUT2D eigenvalue weighted by atomic mass is 16.6. The van der Waals surface area contributed by atoms with Crippen molar-refractivity contribution in [3.8, 4) is 11.5 Å². The molecule has 5 heteroatoms. The van der Waals surface area contributed by atoms with Crippen LogP contribution in [0.3, 0.4) is 0 Å². The van der Waals surface area contributed by atoms with Crippen molar-refractivity contribution < 1.29 is 19.0 Å². The molecule has 5 nitrogen and oxygen atoms in total. The average molecular weight is 325 g/mol. The van der Waals surface area contributed by atoms with E-state index in [-0.39, 0.29) is 24.2 Å². The molecule has 2 fully saturated rings. The standard InChI is InChI=1S/C19H19NO4/c21-19(20-16-12-23-17-9-10-22-18(16)17)13-5-4-8-15(11-13)24-14-6-2-1-3-7-14/h1-8,11,16-18H,9-10,12H2,(H,20,21). The van der Waals surface area contributed by atoms with Crippen LogP contribution in [-0.4, -0.2) is 37.4 Å². The molecule has 1 N–H and O–H groups in total. The van der Waals surface area contributed by atoms with Crippen LogP contribution < -0.4 is 10.1 Å². The lowest BCUT2D eigenvalue weighted by atomic mass is 10.1. The summed E-state index contributed by atoms with van der Waals surface area (Å²) in [5, 5.41) is 3.01. The lowest BCUT2D eigenvalue weighted by molar-refractivity contribution is 0.0656. The molecule has 0 spiro atoms. The van der Waals surface area contributed by atoms with E-state index in [1.54, 1.807) is 12.1 Å². The Bertz CT molecular complexity index is 718. The molecule has 2 aliphatic heterocycles. The quantitative estimate of drug-likeness (QED) is 0.939. The topological polar surface area (TPSA) is 56.8 Å². The number of carbonyl (C=O) groups is 1. The number of fused-ring (bicyclic) bond motifs is 1. The van der Waals surface area contributed by atoms with E-state index in [0.717, 1.165) is 12.2 Å². The predicted octanol–water partition coefficient (Wildman–Crippen LogP) is 2.77. The van der Waals surface area contributed by atoms with E-state index in [1.807, 2.05) is 42.5 Å². The Hall–Kier alpha value is -2.37. The van der Waals surface area contributed by atoms with Gasteiger partial charge in [0.05, 0.1) is 18.8 Å². The van der Waals surface area contributed by atoms with Crippen molar-refractivity contribution >= 4 is 5.91 Å². The fraction of sp³-hybridized carbons (Fsp3) is 0.316. The summed E-state index contributed by atoms with van der Waals surface area (Å²) in [4.78, 5) is 12.5. The van der Waals surface area contributed by atoms with Crippen molar-refractivity contribution in [2.45, 2.75) is 24.7 Å². The van der Waals surface area contributed by atoms with Gasteiger partial charge in [0.2, 0.25) is 0 Å². The summed E-state index contributed by atoms with van der Waals surface area (Å²) in [5.41, 5.74) is 0.560. The van der Waals surface area contributed by atoms with E-state index in [9.17, 15) is 4.79 Å². The second kappa shape index (κ2) is 6.63. The van der Waals surface area contributed by atoms with Crippen LogP contribution >= 0.6 is 0 Å². The van der Waals surface area contributed by atoms with Crippen molar-refractivity contribution in [2.24, 2.45) is 0 Å². The van der Waals surface area contributed by atoms with Gasteiger partial charge in [0.1, 0.15) is 17.6 Å². The zero-order valence-corrected chi connectivity index (χ0v) is 13.2. The lowest BCUT2D eigenvalue weighted by Gasteiger charge is -2.17. The maximum absolute atomic E-state index is 12.5. The van der Waals surface area contributed by atoms with E-state index in [0.29, 0.717) is 24.5 Å². The van der Waals surface area contributed by atoms with Crippen molar-refractivity contribution in [1.82, 2.24) is 5.32 Å². The number of ether oxygens (including phenoxy) is 3. The van der Waals surface area contributed by atoms with Crippen molar-refractivity contribution in [1.29, 1.82) is 0 Å². The van der Waals surface area contributed by atoms with Gasteiger partial charge in [-0.2, -0.15) is 0 Å². The predicted molar refractivity (Wildman–Crippen MR) is 88.3 cm³/mol. The molecule has 3 atom stereocenters. The number of amides is 1. The first kappa shape index (κ1) is 15.2. The summed E-state index contributed by atoms with van der Waals surface area (Å²) in [5.74, 6) is 1.23. The molecule has 0 saturated carbocycles. The molecule has 24 heavy (non-hydrogen) atoms. The summed E-state index contributed by atoms with van der Waals surface area (Å²) in [6, 6.07) is 16.6. The van der Waals surface area contributed by atoms with Crippen LogP contribution in [0.5, 0.6) is 11.5 Å². The second-order valence-electron chi connectivity index (χ2n) is 6.02. The molecule has 2 aromatic rings. The van der Waals surface area contributed by atoms with Crippen molar-refractivity contribution in [3.05, 3.63) is 60.2 Å². The van der Waals surface area contributed by atoms with Crippen LogP contribution in [0.4, 0.5) is 0 Å². The second-order valence-corrected chi connectivity index (χ2v) is 6.02. The molecule has 3 unspecified atom stereocenters. The van der Waals surface area contributed by atoms with Gasteiger partial charge in [-0.1, -0.05) is 24.3 Å². The van der Waals surface area contributed by atoms with Crippen LogP contribution in [0.2, 0.25) is 0 Å². The van der Waals surface area contributed by atoms with Gasteiger partial charge < -0.3 is 19.5 Å². The zero-order valence-electron chi connectivity index (χ0n) is 13.2. The molecule has 2 aliphatic rings. The highest BCUT2D eigenvalue weighted by Crippen LogP contribution is 2.27. The molecule has 0 aromatic heterocycles. The van der Waals surface area contributed by atoms with E-state index < -0.39 is 0 Å². The smallest absolute Gasteiger partial charge is 0.251 e. The minimum Gasteiger partial charge on any atom is -0.457 e. The number of para-hydroxylation sites is 1. The summed E-state index contributed by atoms with van der Waals surface area (Å²) < 4.78 is 17.1. The summed E-state index contributed by atoms with van der Waals surface area (Å²) in [6.45, 7) is 1.20. The highest BCUT2D eigenvalue weighted by molar-refractivity contribution is 5.94. The molecule has 2 saturated heterocycles. The Balaban J connectivity index is 1.44. The van der Waals surface area contributed by atoms with Gasteiger partial charge in [-0.15, -0.1) is 0 Å². The zero-order chi connectivity index (χ0) is 16.4. The van der Waals surface area contributed by atoms with Gasteiger partial charge in [-0.25, -0.2) is 0 Å². The summed E-state index contributed by atoms with van der Waals surface area (Å²) in [7, 11) is 0. The largest absolute Gasteiger partial charge is 0.457 e. The number of hydrogen-bond acceptors (Lipinski definition) is 4. The summed E-state index contributed by atoms with van der Waals surface area (Å²) in [6.07, 6.45) is 0.984. The van der Waals surface area contributed by atoms with Crippen LogP contribution in [0.25, 0.3) is 0 Å². The Morgan fingerprint density at radius 1 is 1.04 bits per heavy atom. The lowest BCUT2D eigenvalue weighted by Crippen LogP contribution is -2.43. The maximum atomic E-state index is 12.5. The molecule has 0 bridgehead atoms. The van der Waals surface area contributed by atoms with E-state index in [1.165, 1.54) is 0 Å². The van der Waals surface area contributed by atoms with Gasteiger partial charge in [-0.05, 0) is 36.8 Å². The van der Waals surface area contributed by atoms with Gasteiger partial charge in [0.15, 0.2) is 0 Å². The Morgan fingerprint density at radius 3 is 2.75 bits per heavy atom. The average Bonchev–Trinajstić information content (AvgIpc) is 3.21. The SMILES string of the molecule is O=C(NC1COC2CCOC12)c1cccc(Oc2ccccc2)c1. The third kappa shape index (κ3) is 3.13. The van der Waals surface area contributed by atoms with E-state index in [2.05, 4.69) is 5.32 Å². The first-order valence-electron chi connectivity index (χ1n) is 8.17. The van der Waals surface area contributed by atoms with Gasteiger partial charge in [0.25, 0.3) is 5.91 Å². The summed E-state index contributed by atoms with van der Waals surface area (Å²) >= 11 is 0. The Kier molecular flexibility index (Phi) is 4.19. The molecular weight excluding hydrogens is 306 g/mol. The van der Waals surface area contributed by atoms with Crippen molar-refractivity contribution in [3.63, 3.8) is 0 Å². The van der Waals surface area contributed by atoms with Gasteiger partial charge >= 0.3 is 0 Å². The fourth-order valence-corrected chi connectivity index (χ4v) is 3.17. The normalized spacial score (nSPS) is 25.2.